The molecule has 2 rings (SSSR count). The molecule has 1 amide bonds. The van der Waals surface area contributed by atoms with E-state index in [4.69, 9.17) is 0 Å². The molecule has 4 nitrogen and oxygen atoms in total. The summed E-state index contributed by atoms with van der Waals surface area (Å²) >= 11 is 0. The number of hydrogen-bond donors (Lipinski definition) is 1. The van der Waals surface area contributed by atoms with Crippen molar-refractivity contribution in [1.82, 2.24) is 15.1 Å². The summed E-state index contributed by atoms with van der Waals surface area (Å²) in [7, 11) is 3.85. The van der Waals surface area contributed by atoms with E-state index in [1.165, 1.54) is 5.70 Å². The number of piperazine rings is 1. The number of allylic oxidation sites excluding steroid dienone is 2. The Balaban J connectivity index is 2.02. The van der Waals surface area contributed by atoms with Crippen LogP contribution in [0.15, 0.2) is 23.9 Å². The summed E-state index contributed by atoms with van der Waals surface area (Å²) in [6.07, 6.45) is 7.17. The standard InChI is InChI=1S/C13H21N3O/c1-14-13(17)11-4-3-5-12(10-11)16-8-6-15(2)7-9-16/h3,5,10-11H,4,6-9H2,1-2H3,(H,14,17). The zero-order chi connectivity index (χ0) is 12.3. The molecule has 0 spiro atoms. The monoisotopic (exact) mass is 235 g/mol. The van der Waals surface area contributed by atoms with E-state index in [-0.39, 0.29) is 11.8 Å². The maximum Gasteiger partial charge on any atom is 0.227 e. The minimum Gasteiger partial charge on any atom is -0.369 e. The number of rotatable bonds is 2. The summed E-state index contributed by atoms with van der Waals surface area (Å²) in [6.45, 7) is 4.28. The highest BCUT2D eigenvalue weighted by molar-refractivity contribution is 5.80. The fourth-order valence-corrected chi connectivity index (χ4v) is 2.31. The second-order valence-corrected chi connectivity index (χ2v) is 4.74. The highest BCUT2D eigenvalue weighted by atomic mass is 16.1. The number of nitrogens with zero attached hydrogens (tertiary/aromatic N) is 2. The zero-order valence-electron chi connectivity index (χ0n) is 10.6. The van der Waals surface area contributed by atoms with Crippen LogP contribution in [0, 0.1) is 5.92 Å². The Bertz CT molecular complexity index is 341. The Kier molecular flexibility index (Phi) is 3.84. The first kappa shape index (κ1) is 12.2. The lowest BCUT2D eigenvalue weighted by Crippen LogP contribution is -2.44. The number of carbonyl (C=O) groups excluding carboxylic acids is 1. The molecule has 4 heteroatoms. The number of amides is 1. The molecule has 0 aromatic rings. The summed E-state index contributed by atoms with van der Waals surface area (Å²) in [6, 6.07) is 0. The van der Waals surface area contributed by atoms with Crippen molar-refractivity contribution in [2.24, 2.45) is 5.92 Å². The predicted molar refractivity (Wildman–Crippen MR) is 68.5 cm³/mol. The van der Waals surface area contributed by atoms with Crippen LogP contribution in [0.5, 0.6) is 0 Å². The SMILES string of the molecule is CNC(=O)C1C=C(N2CCN(C)CC2)C=CC1. The van der Waals surface area contributed by atoms with Crippen LogP contribution in [0.1, 0.15) is 6.42 Å². The highest BCUT2D eigenvalue weighted by Crippen LogP contribution is 2.20. The largest absolute Gasteiger partial charge is 0.369 e. The smallest absolute Gasteiger partial charge is 0.227 e. The number of nitrogens with one attached hydrogen (secondary N) is 1. The summed E-state index contributed by atoms with van der Waals surface area (Å²) in [4.78, 5) is 16.3. The van der Waals surface area contributed by atoms with Gasteiger partial charge < -0.3 is 15.1 Å². The van der Waals surface area contributed by atoms with Crippen LogP contribution in [-0.4, -0.2) is 56.0 Å². The molecule has 1 N–H and O–H groups in total. The zero-order valence-corrected chi connectivity index (χ0v) is 10.6. The quantitative estimate of drug-likeness (QED) is 0.754. The first-order valence-electron chi connectivity index (χ1n) is 6.24. The van der Waals surface area contributed by atoms with E-state index >= 15 is 0 Å². The van der Waals surface area contributed by atoms with Crippen molar-refractivity contribution in [2.75, 3.05) is 40.3 Å². The average Bonchev–Trinajstić information content (AvgIpc) is 2.39. The van der Waals surface area contributed by atoms with Crippen LogP contribution in [0.25, 0.3) is 0 Å². The van der Waals surface area contributed by atoms with E-state index < -0.39 is 0 Å². The van der Waals surface area contributed by atoms with Gasteiger partial charge >= 0.3 is 0 Å². The summed E-state index contributed by atoms with van der Waals surface area (Å²) in [5, 5.41) is 2.72. The molecule has 1 aliphatic heterocycles. The van der Waals surface area contributed by atoms with E-state index in [0.717, 1.165) is 32.6 Å². The average molecular weight is 235 g/mol. The maximum absolute atomic E-state index is 11.6. The Morgan fingerprint density at radius 1 is 1.35 bits per heavy atom. The summed E-state index contributed by atoms with van der Waals surface area (Å²) in [5.41, 5.74) is 1.21. The predicted octanol–water partition coefficient (Wildman–Crippen LogP) is 0.440. The lowest BCUT2D eigenvalue weighted by molar-refractivity contribution is -0.123. The molecule has 1 heterocycles. The molecule has 1 saturated heterocycles. The van der Waals surface area contributed by atoms with Crippen LogP contribution < -0.4 is 5.32 Å². The van der Waals surface area contributed by atoms with Crippen molar-refractivity contribution in [3.05, 3.63) is 23.9 Å². The molecule has 1 fully saturated rings. The van der Waals surface area contributed by atoms with E-state index in [1.807, 2.05) is 0 Å². The molecule has 1 aliphatic carbocycles. The first-order chi connectivity index (χ1) is 8.20. The third-order valence-corrected chi connectivity index (χ3v) is 3.50. The number of hydrogen-bond acceptors (Lipinski definition) is 3. The molecular weight excluding hydrogens is 214 g/mol. The molecule has 17 heavy (non-hydrogen) atoms. The van der Waals surface area contributed by atoms with Gasteiger partial charge in [0.15, 0.2) is 0 Å². The third-order valence-electron chi connectivity index (χ3n) is 3.50. The van der Waals surface area contributed by atoms with Gasteiger partial charge in [-0.25, -0.2) is 0 Å². The Morgan fingerprint density at radius 3 is 2.71 bits per heavy atom. The molecular formula is C13H21N3O. The van der Waals surface area contributed by atoms with Crippen LogP contribution in [0.4, 0.5) is 0 Å². The van der Waals surface area contributed by atoms with Crippen LogP contribution >= 0.6 is 0 Å². The van der Waals surface area contributed by atoms with Crippen molar-refractivity contribution < 1.29 is 4.79 Å². The first-order valence-corrected chi connectivity index (χ1v) is 6.24. The topological polar surface area (TPSA) is 35.6 Å². The highest BCUT2D eigenvalue weighted by Gasteiger charge is 2.21. The Morgan fingerprint density at radius 2 is 2.06 bits per heavy atom. The molecule has 0 saturated carbocycles. The van der Waals surface area contributed by atoms with Crippen LogP contribution in [-0.2, 0) is 4.79 Å². The normalized spacial score (nSPS) is 25.6. The van der Waals surface area contributed by atoms with Crippen molar-refractivity contribution >= 4 is 5.91 Å². The van der Waals surface area contributed by atoms with Gasteiger partial charge in [0.25, 0.3) is 0 Å². The minimum atomic E-state index is -0.000318. The van der Waals surface area contributed by atoms with Gasteiger partial charge in [-0.2, -0.15) is 0 Å². The minimum absolute atomic E-state index is 0.000318. The van der Waals surface area contributed by atoms with Gasteiger partial charge in [0.2, 0.25) is 5.91 Å². The molecule has 0 aromatic carbocycles. The van der Waals surface area contributed by atoms with E-state index in [0.29, 0.717) is 0 Å². The lowest BCUT2D eigenvalue weighted by Gasteiger charge is -2.35. The van der Waals surface area contributed by atoms with Crippen LogP contribution in [0.3, 0.4) is 0 Å². The van der Waals surface area contributed by atoms with Gasteiger partial charge in [-0.3, -0.25) is 4.79 Å². The molecule has 2 aliphatic rings. The van der Waals surface area contributed by atoms with Crippen molar-refractivity contribution in [3.8, 4) is 0 Å². The van der Waals surface area contributed by atoms with Gasteiger partial charge in [0, 0.05) is 38.9 Å². The molecule has 1 unspecified atom stereocenters. The van der Waals surface area contributed by atoms with Crippen molar-refractivity contribution in [3.63, 3.8) is 0 Å². The van der Waals surface area contributed by atoms with Crippen molar-refractivity contribution in [2.45, 2.75) is 6.42 Å². The fraction of sp³-hybridized carbons (Fsp3) is 0.615. The molecule has 1 atom stereocenters. The number of carbonyl (C=O) groups is 1. The van der Waals surface area contributed by atoms with E-state index in [9.17, 15) is 4.79 Å². The fourth-order valence-electron chi connectivity index (χ4n) is 2.31. The third kappa shape index (κ3) is 2.88. The van der Waals surface area contributed by atoms with Gasteiger partial charge in [0.1, 0.15) is 0 Å². The number of likely N-dealkylation sites (N-methyl/N-ethyl adjacent to an activating group) is 1. The molecule has 94 valence electrons. The molecule has 0 bridgehead atoms. The Hall–Kier alpha value is -1.29. The van der Waals surface area contributed by atoms with Gasteiger partial charge in [-0.1, -0.05) is 6.08 Å². The second kappa shape index (κ2) is 5.36. The second-order valence-electron chi connectivity index (χ2n) is 4.74. The van der Waals surface area contributed by atoms with Crippen LogP contribution in [0.2, 0.25) is 0 Å². The molecule has 0 aromatic heterocycles. The van der Waals surface area contributed by atoms with Gasteiger partial charge in [-0.15, -0.1) is 0 Å². The van der Waals surface area contributed by atoms with E-state index in [1.54, 1.807) is 7.05 Å². The maximum atomic E-state index is 11.6. The van der Waals surface area contributed by atoms with E-state index in [2.05, 4.69) is 40.4 Å². The van der Waals surface area contributed by atoms with Gasteiger partial charge in [-0.05, 0) is 25.6 Å². The summed E-state index contributed by atoms with van der Waals surface area (Å²) in [5.74, 6) is 0.112. The van der Waals surface area contributed by atoms with Gasteiger partial charge in [0.05, 0.1) is 5.92 Å². The summed E-state index contributed by atoms with van der Waals surface area (Å²) < 4.78 is 0. The molecule has 0 radical (unpaired) electrons. The Labute approximate surface area is 103 Å². The lowest BCUT2D eigenvalue weighted by atomic mass is 9.97. The van der Waals surface area contributed by atoms with Crippen molar-refractivity contribution in [1.29, 1.82) is 0 Å².